The lowest BCUT2D eigenvalue weighted by Crippen LogP contribution is -2.30. The number of aromatic nitrogens is 2. The maximum Gasteiger partial charge on any atom is 0.280 e. The molecule has 3 aromatic rings. The highest BCUT2D eigenvalue weighted by molar-refractivity contribution is 7.99. The molecule has 2 aromatic carbocycles. The number of halogens is 1. The maximum atomic E-state index is 12.2. The molecule has 0 unspecified atom stereocenters. The first-order valence-electron chi connectivity index (χ1n) is 6.99. The van der Waals surface area contributed by atoms with E-state index in [1.165, 1.54) is 0 Å². The summed E-state index contributed by atoms with van der Waals surface area (Å²) in [5.74, 6) is 5.60. The SMILES string of the molecule is Nn1c(SCC(=O)Nc2cccc(Cl)c2)nc2ccccc2c1=O. The van der Waals surface area contributed by atoms with Crippen LogP contribution in [-0.2, 0) is 4.79 Å². The molecule has 24 heavy (non-hydrogen) atoms. The van der Waals surface area contributed by atoms with Gasteiger partial charge in [0.1, 0.15) is 0 Å². The van der Waals surface area contributed by atoms with Gasteiger partial charge in [-0.15, -0.1) is 0 Å². The van der Waals surface area contributed by atoms with Crippen molar-refractivity contribution in [3.63, 3.8) is 0 Å². The topological polar surface area (TPSA) is 90.0 Å². The van der Waals surface area contributed by atoms with Crippen molar-refractivity contribution in [2.24, 2.45) is 0 Å². The molecule has 0 spiro atoms. The van der Waals surface area contributed by atoms with Crippen LogP contribution in [0.3, 0.4) is 0 Å². The number of carbonyl (C=O) groups excluding carboxylic acids is 1. The van der Waals surface area contributed by atoms with Crippen molar-refractivity contribution < 1.29 is 4.79 Å². The van der Waals surface area contributed by atoms with Gasteiger partial charge in [-0.3, -0.25) is 9.59 Å². The van der Waals surface area contributed by atoms with Gasteiger partial charge in [0, 0.05) is 10.7 Å². The van der Waals surface area contributed by atoms with Gasteiger partial charge in [-0.05, 0) is 30.3 Å². The summed E-state index contributed by atoms with van der Waals surface area (Å²) in [5.41, 5.74) is 0.796. The number of rotatable bonds is 4. The molecule has 6 nitrogen and oxygen atoms in total. The van der Waals surface area contributed by atoms with E-state index >= 15 is 0 Å². The summed E-state index contributed by atoms with van der Waals surface area (Å²) >= 11 is 6.96. The van der Waals surface area contributed by atoms with Crippen molar-refractivity contribution in [2.75, 3.05) is 16.9 Å². The fraction of sp³-hybridized carbons (Fsp3) is 0.0625. The van der Waals surface area contributed by atoms with Crippen molar-refractivity contribution in [3.8, 4) is 0 Å². The Labute approximate surface area is 146 Å². The third kappa shape index (κ3) is 3.52. The van der Waals surface area contributed by atoms with Crippen LogP contribution >= 0.6 is 23.4 Å². The van der Waals surface area contributed by atoms with E-state index in [1.807, 2.05) is 0 Å². The Morgan fingerprint density at radius 1 is 1.25 bits per heavy atom. The van der Waals surface area contributed by atoms with Crippen LogP contribution in [0.25, 0.3) is 10.9 Å². The van der Waals surface area contributed by atoms with E-state index in [0.717, 1.165) is 16.4 Å². The molecule has 0 aliphatic heterocycles. The summed E-state index contributed by atoms with van der Waals surface area (Å²) in [6.07, 6.45) is 0. The monoisotopic (exact) mass is 360 g/mol. The van der Waals surface area contributed by atoms with E-state index in [2.05, 4.69) is 10.3 Å². The highest BCUT2D eigenvalue weighted by atomic mass is 35.5. The number of nitrogens with two attached hydrogens (primary N) is 1. The fourth-order valence-corrected chi connectivity index (χ4v) is 3.03. The summed E-state index contributed by atoms with van der Waals surface area (Å²) in [6.45, 7) is 0. The molecular weight excluding hydrogens is 348 g/mol. The summed E-state index contributed by atoms with van der Waals surface area (Å²) in [7, 11) is 0. The highest BCUT2D eigenvalue weighted by Gasteiger charge is 2.11. The minimum Gasteiger partial charge on any atom is -0.334 e. The van der Waals surface area contributed by atoms with E-state index < -0.39 is 0 Å². The van der Waals surface area contributed by atoms with Gasteiger partial charge in [0.25, 0.3) is 5.56 Å². The number of carbonyl (C=O) groups is 1. The van der Waals surface area contributed by atoms with Crippen molar-refractivity contribution >= 4 is 45.9 Å². The number of fused-ring (bicyclic) bond motifs is 1. The molecule has 0 saturated carbocycles. The first-order chi connectivity index (χ1) is 11.5. The average Bonchev–Trinajstić information content (AvgIpc) is 2.57. The molecule has 1 heterocycles. The van der Waals surface area contributed by atoms with Crippen LogP contribution in [0.2, 0.25) is 5.02 Å². The summed E-state index contributed by atoms with van der Waals surface area (Å²) in [4.78, 5) is 28.5. The molecule has 0 radical (unpaired) electrons. The molecule has 122 valence electrons. The van der Waals surface area contributed by atoms with Crippen LogP contribution < -0.4 is 16.7 Å². The van der Waals surface area contributed by atoms with E-state index in [9.17, 15) is 9.59 Å². The number of benzene rings is 2. The van der Waals surface area contributed by atoms with Gasteiger partial charge < -0.3 is 11.2 Å². The number of hydrogen-bond donors (Lipinski definition) is 2. The maximum absolute atomic E-state index is 12.2. The molecule has 3 rings (SSSR count). The number of anilines is 1. The number of hydrogen-bond acceptors (Lipinski definition) is 5. The van der Waals surface area contributed by atoms with Gasteiger partial charge >= 0.3 is 0 Å². The summed E-state index contributed by atoms with van der Waals surface area (Å²) < 4.78 is 0.958. The number of para-hydroxylation sites is 1. The predicted octanol–water partition coefficient (Wildman–Crippen LogP) is 2.49. The van der Waals surface area contributed by atoms with Gasteiger partial charge in [0.05, 0.1) is 16.7 Å². The largest absolute Gasteiger partial charge is 0.334 e. The number of nitrogen functional groups attached to an aromatic ring is 1. The first kappa shape index (κ1) is 16.4. The number of thioether (sulfide) groups is 1. The van der Waals surface area contributed by atoms with Gasteiger partial charge in [0.15, 0.2) is 5.16 Å². The fourth-order valence-electron chi connectivity index (χ4n) is 2.12. The smallest absolute Gasteiger partial charge is 0.280 e. The van der Waals surface area contributed by atoms with E-state index in [0.29, 0.717) is 21.6 Å². The molecule has 0 fully saturated rings. The molecule has 0 bridgehead atoms. The lowest BCUT2D eigenvalue weighted by Gasteiger charge is -2.09. The summed E-state index contributed by atoms with van der Waals surface area (Å²) in [5, 5.41) is 3.97. The van der Waals surface area contributed by atoms with E-state index in [1.54, 1.807) is 48.5 Å². The Morgan fingerprint density at radius 2 is 2.04 bits per heavy atom. The van der Waals surface area contributed by atoms with Crippen molar-refractivity contribution in [2.45, 2.75) is 5.16 Å². The average molecular weight is 361 g/mol. The van der Waals surface area contributed by atoms with Crippen LogP contribution in [0.5, 0.6) is 0 Å². The van der Waals surface area contributed by atoms with Gasteiger partial charge in [-0.25, -0.2) is 9.66 Å². The minimum absolute atomic E-state index is 0.0640. The molecule has 8 heteroatoms. The molecule has 3 N–H and O–H groups in total. The van der Waals surface area contributed by atoms with Crippen molar-refractivity contribution in [1.82, 2.24) is 9.66 Å². The molecule has 0 aliphatic carbocycles. The number of amides is 1. The van der Waals surface area contributed by atoms with Crippen LogP contribution in [0.1, 0.15) is 0 Å². The first-order valence-corrected chi connectivity index (χ1v) is 8.36. The predicted molar refractivity (Wildman–Crippen MR) is 97.0 cm³/mol. The zero-order valence-corrected chi connectivity index (χ0v) is 14.0. The quantitative estimate of drug-likeness (QED) is 0.424. The third-order valence-electron chi connectivity index (χ3n) is 3.22. The van der Waals surface area contributed by atoms with Crippen LogP contribution in [-0.4, -0.2) is 21.3 Å². The van der Waals surface area contributed by atoms with Gasteiger partial charge in [-0.2, -0.15) is 0 Å². The Bertz CT molecular complexity index is 974. The second-order valence-corrected chi connectivity index (χ2v) is 6.31. The molecule has 1 aromatic heterocycles. The molecule has 0 aliphatic rings. The number of nitrogens with zero attached hydrogens (tertiary/aromatic N) is 2. The van der Waals surface area contributed by atoms with E-state index in [4.69, 9.17) is 17.4 Å². The Balaban J connectivity index is 1.75. The minimum atomic E-state index is -0.349. The standard InChI is InChI=1S/C16H13ClN4O2S/c17-10-4-3-5-11(8-10)19-14(22)9-24-16-20-13-7-2-1-6-12(13)15(23)21(16)18/h1-8H,9,18H2,(H,19,22). The normalized spacial score (nSPS) is 10.7. The molecule has 0 atom stereocenters. The zero-order chi connectivity index (χ0) is 17.1. The highest BCUT2D eigenvalue weighted by Crippen LogP contribution is 2.18. The number of nitrogens with one attached hydrogen (secondary N) is 1. The zero-order valence-electron chi connectivity index (χ0n) is 12.4. The van der Waals surface area contributed by atoms with Gasteiger partial charge in [0.2, 0.25) is 5.91 Å². The molecular formula is C16H13ClN4O2S. The Morgan fingerprint density at radius 3 is 2.83 bits per heavy atom. The van der Waals surface area contributed by atoms with Crippen LogP contribution in [0.15, 0.2) is 58.5 Å². The van der Waals surface area contributed by atoms with E-state index in [-0.39, 0.29) is 22.4 Å². The van der Waals surface area contributed by atoms with Crippen LogP contribution in [0, 0.1) is 0 Å². The second kappa shape index (κ2) is 6.94. The third-order valence-corrected chi connectivity index (χ3v) is 4.40. The second-order valence-electron chi connectivity index (χ2n) is 4.93. The lowest BCUT2D eigenvalue weighted by atomic mass is 10.2. The Hall–Kier alpha value is -2.51. The van der Waals surface area contributed by atoms with Crippen molar-refractivity contribution in [3.05, 3.63) is 63.9 Å². The Kier molecular flexibility index (Phi) is 4.73. The molecule has 1 amide bonds. The lowest BCUT2D eigenvalue weighted by molar-refractivity contribution is -0.113. The summed E-state index contributed by atoms with van der Waals surface area (Å²) in [6, 6.07) is 13.8. The molecule has 0 saturated heterocycles. The van der Waals surface area contributed by atoms with Crippen LogP contribution in [0.4, 0.5) is 5.69 Å². The van der Waals surface area contributed by atoms with Gasteiger partial charge in [-0.1, -0.05) is 41.6 Å². The van der Waals surface area contributed by atoms with Crippen molar-refractivity contribution in [1.29, 1.82) is 0 Å².